The number of carbonyl (C=O) groups is 1. The SMILES string of the molecule is COc1cc(C(=O)NCCO)cc2c1O[C@@](C)(Cc1ccc(Cl)cc1)C2. The first-order valence-electron chi connectivity index (χ1n) is 8.47. The zero-order chi connectivity index (χ0) is 18.7. The zero-order valence-electron chi connectivity index (χ0n) is 14.8. The Bertz CT molecular complexity index is 806. The summed E-state index contributed by atoms with van der Waals surface area (Å²) < 4.78 is 11.7. The molecule has 2 aromatic rings. The van der Waals surface area contributed by atoms with Crippen molar-refractivity contribution in [3.63, 3.8) is 0 Å². The highest BCUT2D eigenvalue weighted by Crippen LogP contribution is 2.44. The third kappa shape index (κ3) is 3.94. The maximum atomic E-state index is 12.2. The van der Waals surface area contributed by atoms with Crippen molar-refractivity contribution in [2.24, 2.45) is 0 Å². The molecule has 0 aliphatic carbocycles. The van der Waals surface area contributed by atoms with E-state index in [9.17, 15) is 4.79 Å². The van der Waals surface area contributed by atoms with Crippen LogP contribution in [0.2, 0.25) is 5.02 Å². The monoisotopic (exact) mass is 375 g/mol. The van der Waals surface area contributed by atoms with Crippen molar-refractivity contribution in [1.29, 1.82) is 0 Å². The maximum Gasteiger partial charge on any atom is 0.251 e. The van der Waals surface area contributed by atoms with E-state index in [1.165, 1.54) is 0 Å². The van der Waals surface area contributed by atoms with Gasteiger partial charge in [0.25, 0.3) is 5.91 Å². The quantitative estimate of drug-likeness (QED) is 0.814. The highest BCUT2D eigenvalue weighted by Gasteiger charge is 2.37. The van der Waals surface area contributed by atoms with Crippen molar-refractivity contribution in [1.82, 2.24) is 5.32 Å². The number of halogens is 1. The van der Waals surface area contributed by atoms with Gasteiger partial charge in [0.1, 0.15) is 5.60 Å². The average Bonchev–Trinajstić information content (AvgIpc) is 2.96. The fourth-order valence-electron chi connectivity index (χ4n) is 3.28. The smallest absolute Gasteiger partial charge is 0.251 e. The lowest BCUT2D eigenvalue weighted by molar-refractivity contribution is 0.0944. The summed E-state index contributed by atoms with van der Waals surface area (Å²) in [5, 5.41) is 12.2. The summed E-state index contributed by atoms with van der Waals surface area (Å²) in [7, 11) is 1.56. The van der Waals surface area contributed by atoms with Gasteiger partial charge >= 0.3 is 0 Å². The van der Waals surface area contributed by atoms with Gasteiger partial charge in [-0.2, -0.15) is 0 Å². The van der Waals surface area contributed by atoms with Crippen LogP contribution in [0.3, 0.4) is 0 Å². The van der Waals surface area contributed by atoms with E-state index in [2.05, 4.69) is 5.32 Å². The first kappa shape index (κ1) is 18.5. The van der Waals surface area contributed by atoms with Crippen LogP contribution in [0.25, 0.3) is 0 Å². The number of ether oxygens (including phenoxy) is 2. The Morgan fingerprint density at radius 2 is 2.08 bits per heavy atom. The second-order valence-corrected chi connectivity index (χ2v) is 7.11. The molecule has 1 heterocycles. The van der Waals surface area contributed by atoms with Gasteiger partial charge in [0.2, 0.25) is 0 Å². The molecule has 1 amide bonds. The number of benzene rings is 2. The van der Waals surface area contributed by atoms with Gasteiger partial charge in [0.05, 0.1) is 13.7 Å². The number of aliphatic hydroxyl groups excluding tert-OH is 1. The van der Waals surface area contributed by atoms with E-state index in [0.717, 1.165) is 11.1 Å². The topological polar surface area (TPSA) is 67.8 Å². The van der Waals surface area contributed by atoms with Crippen molar-refractivity contribution in [2.75, 3.05) is 20.3 Å². The minimum atomic E-state index is -0.427. The Hall–Kier alpha value is -2.24. The average molecular weight is 376 g/mol. The number of methoxy groups -OCH3 is 1. The third-order valence-electron chi connectivity index (χ3n) is 4.42. The van der Waals surface area contributed by atoms with Gasteiger partial charge in [-0.1, -0.05) is 23.7 Å². The van der Waals surface area contributed by atoms with Crippen LogP contribution in [0.5, 0.6) is 11.5 Å². The molecule has 0 fully saturated rings. The Labute approximate surface area is 157 Å². The molecule has 3 rings (SSSR count). The second kappa shape index (κ2) is 7.56. The van der Waals surface area contributed by atoms with Gasteiger partial charge in [0.15, 0.2) is 11.5 Å². The summed E-state index contributed by atoms with van der Waals surface area (Å²) in [6.45, 7) is 2.16. The fraction of sp³-hybridized carbons (Fsp3) is 0.350. The lowest BCUT2D eigenvalue weighted by atomic mass is 9.91. The number of hydrogen-bond donors (Lipinski definition) is 2. The van der Waals surface area contributed by atoms with Gasteiger partial charge in [-0.05, 0) is 36.8 Å². The lowest BCUT2D eigenvalue weighted by Crippen LogP contribution is -2.32. The Morgan fingerprint density at radius 3 is 2.73 bits per heavy atom. The summed E-state index contributed by atoms with van der Waals surface area (Å²) >= 11 is 5.96. The Morgan fingerprint density at radius 1 is 1.35 bits per heavy atom. The largest absolute Gasteiger partial charge is 0.493 e. The number of nitrogens with one attached hydrogen (secondary N) is 1. The molecule has 0 saturated carbocycles. The first-order valence-corrected chi connectivity index (χ1v) is 8.85. The molecule has 26 heavy (non-hydrogen) atoms. The van der Waals surface area contributed by atoms with Gasteiger partial charge in [-0.25, -0.2) is 0 Å². The third-order valence-corrected chi connectivity index (χ3v) is 4.67. The van der Waals surface area contributed by atoms with Crippen molar-refractivity contribution < 1.29 is 19.4 Å². The van der Waals surface area contributed by atoms with Crippen molar-refractivity contribution >= 4 is 17.5 Å². The van der Waals surface area contributed by atoms with E-state index < -0.39 is 5.60 Å². The number of fused-ring (bicyclic) bond motifs is 1. The minimum absolute atomic E-state index is 0.101. The van der Waals surface area contributed by atoms with Crippen LogP contribution >= 0.6 is 11.6 Å². The molecule has 2 N–H and O–H groups in total. The molecule has 0 bridgehead atoms. The van der Waals surface area contributed by atoms with Crippen molar-refractivity contribution in [2.45, 2.75) is 25.4 Å². The standard InChI is InChI=1S/C20H22ClNO4/c1-20(11-13-3-5-16(21)6-4-13)12-15-9-14(19(24)22-7-8-23)10-17(25-2)18(15)26-20/h3-6,9-10,23H,7-8,11-12H2,1-2H3,(H,22,24)/t20-/m0/s1. The number of hydrogen-bond acceptors (Lipinski definition) is 4. The second-order valence-electron chi connectivity index (χ2n) is 6.68. The number of carbonyl (C=O) groups excluding carboxylic acids is 1. The molecule has 0 saturated heterocycles. The summed E-state index contributed by atoms with van der Waals surface area (Å²) in [6.07, 6.45) is 1.39. The van der Waals surface area contributed by atoms with Gasteiger partial charge < -0.3 is 19.9 Å². The normalized spacial score (nSPS) is 18.2. The van der Waals surface area contributed by atoms with E-state index in [-0.39, 0.29) is 19.1 Å². The predicted molar refractivity (Wildman–Crippen MR) is 100 cm³/mol. The predicted octanol–water partition coefficient (Wildman–Crippen LogP) is 3.01. The molecule has 6 heteroatoms. The van der Waals surface area contributed by atoms with Crippen LogP contribution < -0.4 is 14.8 Å². The molecular weight excluding hydrogens is 354 g/mol. The van der Waals surface area contributed by atoms with Crippen LogP contribution in [0.1, 0.15) is 28.4 Å². The molecule has 1 aliphatic heterocycles. The van der Waals surface area contributed by atoms with Gasteiger partial charge in [-0.3, -0.25) is 4.79 Å². The molecule has 0 radical (unpaired) electrons. The number of aliphatic hydroxyl groups is 1. The maximum absolute atomic E-state index is 12.2. The lowest BCUT2D eigenvalue weighted by Gasteiger charge is -2.24. The van der Waals surface area contributed by atoms with E-state index in [1.54, 1.807) is 13.2 Å². The summed E-state index contributed by atoms with van der Waals surface area (Å²) in [5.41, 5.74) is 2.14. The highest BCUT2D eigenvalue weighted by molar-refractivity contribution is 6.30. The van der Waals surface area contributed by atoms with Gasteiger partial charge in [-0.15, -0.1) is 0 Å². The fourth-order valence-corrected chi connectivity index (χ4v) is 3.41. The molecule has 1 aliphatic rings. The summed E-state index contributed by atoms with van der Waals surface area (Å²) in [4.78, 5) is 12.2. The molecule has 0 unspecified atom stereocenters. The molecule has 0 aromatic heterocycles. The first-order chi connectivity index (χ1) is 12.4. The number of rotatable bonds is 6. The van der Waals surface area contributed by atoms with Crippen LogP contribution in [0.4, 0.5) is 0 Å². The Kier molecular flexibility index (Phi) is 5.39. The molecule has 1 atom stereocenters. The van der Waals surface area contributed by atoms with E-state index in [0.29, 0.717) is 34.9 Å². The highest BCUT2D eigenvalue weighted by atomic mass is 35.5. The molecule has 0 spiro atoms. The van der Waals surface area contributed by atoms with Crippen LogP contribution in [0.15, 0.2) is 36.4 Å². The minimum Gasteiger partial charge on any atom is -0.493 e. The zero-order valence-corrected chi connectivity index (χ0v) is 15.6. The molecule has 138 valence electrons. The summed E-state index contributed by atoms with van der Waals surface area (Å²) in [5.74, 6) is 0.977. The van der Waals surface area contributed by atoms with Crippen LogP contribution in [-0.2, 0) is 12.8 Å². The molecular formula is C20H22ClNO4. The number of amides is 1. The van der Waals surface area contributed by atoms with Crippen LogP contribution in [-0.4, -0.2) is 36.9 Å². The molecule has 2 aromatic carbocycles. The molecule has 5 nitrogen and oxygen atoms in total. The van der Waals surface area contributed by atoms with Gasteiger partial charge in [0, 0.05) is 35.5 Å². The van der Waals surface area contributed by atoms with Crippen molar-refractivity contribution in [3.05, 3.63) is 58.1 Å². The Balaban J connectivity index is 1.84. The van der Waals surface area contributed by atoms with E-state index >= 15 is 0 Å². The van der Waals surface area contributed by atoms with Crippen molar-refractivity contribution in [3.8, 4) is 11.5 Å². The van der Waals surface area contributed by atoms with E-state index in [1.807, 2.05) is 37.3 Å². The van der Waals surface area contributed by atoms with E-state index in [4.69, 9.17) is 26.2 Å². The van der Waals surface area contributed by atoms with Crippen LogP contribution in [0, 0.1) is 0 Å². The summed E-state index contributed by atoms with van der Waals surface area (Å²) in [6, 6.07) is 11.2.